The van der Waals surface area contributed by atoms with Crippen LogP contribution in [-0.4, -0.2) is 39.6 Å². The Balaban J connectivity index is 1.77. The van der Waals surface area contributed by atoms with E-state index in [1.807, 2.05) is 37.5 Å². The fourth-order valence-electron chi connectivity index (χ4n) is 2.91. The van der Waals surface area contributed by atoms with Gasteiger partial charge in [-0.3, -0.25) is 4.79 Å². The molecule has 0 saturated carbocycles. The van der Waals surface area contributed by atoms with E-state index >= 15 is 0 Å². The standard InChI is InChI=1S/C18H20N6O/c1-12-18(25)20-7-6-19-16-5-8-24-17(23-16)15(11-22-24)14-4-2-3-13(9-14)10-21-12/h2-5,8-9,11-12,21H,6-7,10H2,1H3,(H,19,23)(H,20,25). The van der Waals surface area contributed by atoms with Crippen LogP contribution in [0.25, 0.3) is 16.8 Å². The van der Waals surface area contributed by atoms with Gasteiger partial charge in [-0.1, -0.05) is 18.2 Å². The lowest BCUT2D eigenvalue weighted by molar-refractivity contribution is -0.122. The number of fused-ring (bicyclic) bond motifs is 4. The first-order valence-electron chi connectivity index (χ1n) is 8.39. The summed E-state index contributed by atoms with van der Waals surface area (Å²) in [6, 6.07) is 9.85. The van der Waals surface area contributed by atoms with E-state index in [1.165, 1.54) is 0 Å². The van der Waals surface area contributed by atoms with E-state index in [2.05, 4.69) is 38.2 Å². The Kier molecular flexibility index (Phi) is 4.07. The predicted octanol–water partition coefficient (Wildman–Crippen LogP) is 1.42. The second-order valence-electron chi connectivity index (χ2n) is 6.16. The molecule has 0 aliphatic carbocycles. The van der Waals surface area contributed by atoms with Crippen molar-refractivity contribution in [2.24, 2.45) is 0 Å². The summed E-state index contributed by atoms with van der Waals surface area (Å²) in [6.45, 7) is 3.64. The number of carbonyl (C=O) groups is 1. The Hall–Kier alpha value is -2.93. The number of nitrogens with one attached hydrogen (secondary N) is 3. The van der Waals surface area contributed by atoms with Gasteiger partial charge >= 0.3 is 0 Å². The smallest absolute Gasteiger partial charge is 0.236 e. The fraction of sp³-hybridized carbons (Fsp3) is 0.278. The number of benzene rings is 1. The molecule has 1 amide bonds. The van der Waals surface area contributed by atoms with Crippen molar-refractivity contribution < 1.29 is 4.79 Å². The van der Waals surface area contributed by atoms with Crippen molar-refractivity contribution >= 4 is 17.4 Å². The zero-order valence-corrected chi connectivity index (χ0v) is 14.0. The fourth-order valence-corrected chi connectivity index (χ4v) is 2.91. The molecule has 3 aromatic rings. The molecule has 3 N–H and O–H groups in total. The molecular formula is C18H20N6O. The van der Waals surface area contributed by atoms with Crippen molar-refractivity contribution in [1.29, 1.82) is 0 Å². The maximum Gasteiger partial charge on any atom is 0.236 e. The summed E-state index contributed by atoms with van der Waals surface area (Å²) in [5.41, 5.74) is 3.97. The van der Waals surface area contributed by atoms with Gasteiger partial charge in [0.2, 0.25) is 5.91 Å². The van der Waals surface area contributed by atoms with E-state index < -0.39 is 0 Å². The second kappa shape index (κ2) is 6.52. The summed E-state index contributed by atoms with van der Waals surface area (Å²) in [5.74, 6) is 0.758. The zero-order valence-electron chi connectivity index (χ0n) is 14.0. The minimum Gasteiger partial charge on any atom is -0.368 e. The van der Waals surface area contributed by atoms with E-state index in [4.69, 9.17) is 0 Å². The molecule has 0 saturated heterocycles. The normalized spacial score (nSPS) is 18.3. The first kappa shape index (κ1) is 15.6. The van der Waals surface area contributed by atoms with E-state index in [0.717, 1.165) is 28.2 Å². The Morgan fingerprint density at radius 2 is 2.08 bits per heavy atom. The van der Waals surface area contributed by atoms with Gasteiger partial charge in [-0.15, -0.1) is 0 Å². The topological polar surface area (TPSA) is 83.3 Å². The third-order valence-corrected chi connectivity index (χ3v) is 4.34. The van der Waals surface area contributed by atoms with E-state index in [9.17, 15) is 4.79 Å². The molecule has 0 radical (unpaired) electrons. The van der Waals surface area contributed by atoms with Crippen LogP contribution in [0.3, 0.4) is 0 Å². The number of nitrogens with zero attached hydrogens (tertiary/aromatic N) is 3. The lowest BCUT2D eigenvalue weighted by Crippen LogP contribution is -2.43. The minimum atomic E-state index is -0.254. The highest BCUT2D eigenvalue weighted by Gasteiger charge is 2.13. The summed E-state index contributed by atoms with van der Waals surface area (Å²) in [6.07, 6.45) is 3.72. The van der Waals surface area contributed by atoms with Gasteiger partial charge in [0.1, 0.15) is 5.82 Å². The molecule has 1 aliphatic rings. The highest BCUT2D eigenvalue weighted by atomic mass is 16.2. The van der Waals surface area contributed by atoms with Gasteiger partial charge in [0.25, 0.3) is 0 Å². The van der Waals surface area contributed by atoms with Crippen LogP contribution in [0.15, 0.2) is 42.7 Å². The largest absolute Gasteiger partial charge is 0.368 e. The van der Waals surface area contributed by atoms with Gasteiger partial charge in [-0.05, 0) is 30.2 Å². The zero-order chi connectivity index (χ0) is 17.2. The first-order chi connectivity index (χ1) is 12.2. The van der Waals surface area contributed by atoms with Gasteiger partial charge in [0, 0.05) is 31.4 Å². The van der Waals surface area contributed by atoms with Crippen LogP contribution in [0.5, 0.6) is 0 Å². The minimum absolute atomic E-state index is 0.00659. The summed E-state index contributed by atoms with van der Waals surface area (Å²) in [4.78, 5) is 16.8. The first-order valence-corrected chi connectivity index (χ1v) is 8.39. The average Bonchev–Trinajstić information content (AvgIpc) is 3.06. The van der Waals surface area contributed by atoms with Crippen LogP contribution in [0.1, 0.15) is 12.5 Å². The number of hydrogen-bond donors (Lipinski definition) is 3. The predicted molar refractivity (Wildman–Crippen MR) is 96.2 cm³/mol. The molecule has 2 aromatic heterocycles. The molecule has 0 spiro atoms. The number of rotatable bonds is 0. The van der Waals surface area contributed by atoms with Crippen molar-refractivity contribution in [2.75, 3.05) is 18.4 Å². The molecule has 1 aliphatic heterocycles. The van der Waals surface area contributed by atoms with Gasteiger partial charge in [-0.2, -0.15) is 5.10 Å². The van der Waals surface area contributed by atoms with Crippen LogP contribution < -0.4 is 16.0 Å². The lowest BCUT2D eigenvalue weighted by atomic mass is 10.1. The second-order valence-corrected chi connectivity index (χ2v) is 6.16. The summed E-state index contributed by atoms with van der Waals surface area (Å²) in [5, 5.41) is 13.8. The summed E-state index contributed by atoms with van der Waals surface area (Å²) in [7, 11) is 0. The van der Waals surface area contributed by atoms with Gasteiger partial charge < -0.3 is 16.0 Å². The molecule has 7 heteroatoms. The molecule has 7 nitrogen and oxygen atoms in total. The quantitative estimate of drug-likeness (QED) is 0.578. The van der Waals surface area contributed by atoms with Crippen LogP contribution in [0, 0.1) is 0 Å². The van der Waals surface area contributed by atoms with E-state index in [0.29, 0.717) is 19.6 Å². The third kappa shape index (κ3) is 3.18. The Bertz CT molecular complexity index is 919. The average molecular weight is 336 g/mol. The van der Waals surface area contributed by atoms with Gasteiger partial charge in [0.15, 0.2) is 5.65 Å². The number of anilines is 1. The van der Waals surface area contributed by atoms with Crippen LogP contribution in [0.4, 0.5) is 5.82 Å². The Morgan fingerprint density at radius 1 is 1.20 bits per heavy atom. The Morgan fingerprint density at radius 3 is 3.00 bits per heavy atom. The number of amides is 1. The molecule has 1 unspecified atom stereocenters. The van der Waals surface area contributed by atoms with Gasteiger partial charge in [-0.25, -0.2) is 9.50 Å². The maximum atomic E-state index is 12.1. The molecule has 4 bridgehead atoms. The van der Waals surface area contributed by atoms with Crippen molar-refractivity contribution in [2.45, 2.75) is 19.5 Å². The highest BCUT2D eigenvalue weighted by Crippen LogP contribution is 2.25. The van der Waals surface area contributed by atoms with Gasteiger partial charge in [0.05, 0.1) is 12.2 Å². The number of aromatic nitrogens is 3. The number of hydrogen-bond acceptors (Lipinski definition) is 5. The van der Waals surface area contributed by atoms with Crippen LogP contribution >= 0.6 is 0 Å². The highest BCUT2D eigenvalue weighted by molar-refractivity contribution is 5.81. The van der Waals surface area contributed by atoms with Crippen molar-refractivity contribution in [3.8, 4) is 11.1 Å². The maximum absolute atomic E-state index is 12.1. The Labute approximate surface area is 145 Å². The molecule has 1 atom stereocenters. The molecule has 1 aromatic carbocycles. The summed E-state index contributed by atoms with van der Waals surface area (Å²) < 4.78 is 1.77. The van der Waals surface area contributed by atoms with Crippen LogP contribution in [0.2, 0.25) is 0 Å². The van der Waals surface area contributed by atoms with Crippen molar-refractivity contribution in [3.63, 3.8) is 0 Å². The molecule has 0 fully saturated rings. The van der Waals surface area contributed by atoms with Crippen molar-refractivity contribution in [3.05, 3.63) is 48.3 Å². The van der Waals surface area contributed by atoms with Crippen LogP contribution in [-0.2, 0) is 11.3 Å². The van der Waals surface area contributed by atoms with E-state index in [1.54, 1.807) is 4.52 Å². The lowest BCUT2D eigenvalue weighted by Gasteiger charge is -2.14. The molecule has 25 heavy (non-hydrogen) atoms. The molecular weight excluding hydrogens is 316 g/mol. The molecule has 4 rings (SSSR count). The third-order valence-electron chi connectivity index (χ3n) is 4.34. The molecule has 128 valence electrons. The SMILES string of the molecule is CC1NCc2cccc(c2)-c2cnn3ccc(nc23)NCCNC1=O. The van der Waals surface area contributed by atoms with E-state index in [-0.39, 0.29) is 11.9 Å². The number of carbonyl (C=O) groups excluding carboxylic acids is 1. The summed E-state index contributed by atoms with van der Waals surface area (Å²) >= 11 is 0. The molecule has 3 heterocycles. The van der Waals surface area contributed by atoms with Crippen molar-refractivity contribution in [1.82, 2.24) is 25.2 Å². The monoisotopic (exact) mass is 336 g/mol.